The van der Waals surface area contributed by atoms with Crippen molar-refractivity contribution in [2.75, 3.05) is 24.7 Å². The molecule has 1 fully saturated rings. The van der Waals surface area contributed by atoms with Crippen LogP contribution < -0.4 is 10.6 Å². The lowest BCUT2D eigenvalue weighted by molar-refractivity contribution is 0.0926. The molecule has 0 aliphatic carbocycles. The molecule has 1 aliphatic rings. The number of benzene rings is 1. The van der Waals surface area contributed by atoms with Gasteiger partial charge in [0.1, 0.15) is 5.82 Å². The minimum absolute atomic E-state index is 0.139. The minimum atomic E-state index is -0.190. The molecular formula is C14H21FN2O. The van der Waals surface area contributed by atoms with Gasteiger partial charge in [-0.15, -0.1) is 0 Å². The van der Waals surface area contributed by atoms with Crippen LogP contribution in [0.4, 0.5) is 10.1 Å². The average molecular weight is 252 g/mol. The summed E-state index contributed by atoms with van der Waals surface area (Å²) in [6.45, 7) is 6.03. The molecule has 3 nitrogen and oxygen atoms in total. The largest absolute Gasteiger partial charge is 0.377 e. The van der Waals surface area contributed by atoms with Crippen LogP contribution in [-0.4, -0.2) is 25.8 Å². The maximum absolute atomic E-state index is 14.2. The molecule has 1 aliphatic heterocycles. The van der Waals surface area contributed by atoms with Gasteiger partial charge in [-0.25, -0.2) is 4.39 Å². The summed E-state index contributed by atoms with van der Waals surface area (Å²) in [6.07, 6.45) is 0.953. The molecule has 0 amide bonds. The molecule has 0 bridgehead atoms. The number of anilines is 1. The van der Waals surface area contributed by atoms with E-state index in [0.717, 1.165) is 18.5 Å². The molecule has 0 saturated carbocycles. The maximum Gasteiger partial charge on any atom is 0.146 e. The van der Waals surface area contributed by atoms with Gasteiger partial charge in [0.15, 0.2) is 0 Å². The summed E-state index contributed by atoms with van der Waals surface area (Å²) in [6, 6.07) is 5.41. The van der Waals surface area contributed by atoms with Crippen LogP contribution in [0.5, 0.6) is 0 Å². The van der Waals surface area contributed by atoms with Gasteiger partial charge in [0, 0.05) is 12.6 Å². The first-order valence-corrected chi connectivity index (χ1v) is 6.53. The first-order valence-electron chi connectivity index (χ1n) is 6.53. The van der Waals surface area contributed by atoms with Crippen molar-refractivity contribution < 1.29 is 9.13 Å². The van der Waals surface area contributed by atoms with Gasteiger partial charge in [0.2, 0.25) is 0 Å². The van der Waals surface area contributed by atoms with Crippen molar-refractivity contribution in [3.05, 3.63) is 29.6 Å². The Hall–Kier alpha value is -1.13. The van der Waals surface area contributed by atoms with Gasteiger partial charge in [-0.05, 0) is 31.0 Å². The van der Waals surface area contributed by atoms with E-state index in [1.54, 1.807) is 6.07 Å². The maximum atomic E-state index is 14.2. The number of hydrogen-bond donors (Lipinski definition) is 1. The smallest absolute Gasteiger partial charge is 0.146 e. The summed E-state index contributed by atoms with van der Waals surface area (Å²) in [5, 5.41) is 0. The molecule has 0 radical (unpaired) electrons. The molecule has 1 heterocycles. The SMILES string of the molecule is CCC1COCCN1c1ccc([C@@H](C)N)cc1F. The van der Waals surface area contributed by atoms with Crippen LogP contribution in [0, 0.1) is 5.82 Å². The molecule has 0 spiro atoms. The molecule has 2 atom stereocenters. The normalized spacial score (nSPS) is 22.0. The monoisotopic (exact) mass is 252 g/mol. The van der Waals surface area contributed by atoms with Gasteiger partial charge < -0.3 is 15.4 Å². The second kappa shape index (κ2) is 5.67. The van der Waals surface area contributed by atoms with Gasteiger partial charge in [0.05, 0.1) is 24.9 Å². The second-order valence-electron chi connectivity index (χ2n) is 4.83. The van der Waals surface area contributed by atoms with Gasteiger partial charge in [-0.2, -0.15) is 0 Å². The minimum Gasteiger partial charge on any atom is -0.377 e. The van der Waals surface area contributed by atoms with E-state index in [4.69, 9.17) is 10.5 Å². The van der Waals surface area contributed by atoms with Crippen molar-refractivity contribution in [1.29, 1.82) is 0 Å². The van der Waals surface area contributed by atoms with Crippen LogP contribution in [-0.2, 0) is 4.74 Å². The van der Waals surface area contributed by atoms with E-state index in [1.165, 1.54) is 0 Å². The van der Waals surface area contributed by atoms with Crippen molar-refractivity contribution in [2.24, 2.45) is 5.73 Å². The summed E-state index contributed by atoms with van der Waals surface area (Å²) < 4.78 is 19.6. The van der Waals surface area contributed by atoms with E-state index >= 15 is 0 Å². The number of morpholine rings is 1. The van der Waals surface area contributed by atoms with Crippen LogP contribution in [0.3, 0.4) is 0 Å². The highest BCUT2D eigenvalue weighted by atomic mass is 19.1. The van der Waals surface area contributed by atoms with E-state index in [2.05, 4.69) is 11.8 Å². The van der Waals surface area contributed by atoms with Crippen LogP contribution in [0.2, 0.25) is 0 Å². The fourth-order valence-corrected chi connectivity index (χ4v) is 2.35. The van der Waals surface area contributed by atoms with E-state index in [9.17, 15) is 4.39 Å². The number of nitrogens with zero attached hydrogens (tertiary/aromatic N) is 1. The summed E-state index contributed by atoms with van der Waals surface area (Å²) in [5.74, 6) is -0.190. The number of rotatable bonds is 3. The molecular weight excluding hydrogens is 231 g/mol. The predicted molar refractivity (Wildman–Crippen MR) is 71.2 cm³/mol. The van der Waals surface area contributed by atoms with Crippen LogP contribution in [0.25, 0.3) is 0 Å². The molecule has 0 aromatic heterocycles. The molecule has 4 heteroatoms. The van der Waals surface area contributed by atoms with Gasteiger partial charge in [-0.3, -0.25) is 0 Å². The fraction of sp³-hybridized carbons (Fsp3) is 0.571. The number of ether oxygens (including phenoxy) is 1. The molecule has 1 aromatic carbocycles. The van der Waals surface area contributed by atoms with Crippen LogP contribution in [0.1, 0.15) is 31.9 Å². The Morgan fingerprint density at radius 1 is 1.56 bits per heavy atom. The highest BCUT2D eigenvalue weighted by Crippen LogP contribution is 2.26. The molecule has 18 heavy (non-hydrogen) atoms. The van der Waals surface area contributed by atoms with E-state index < -0.39 is 0 Å². The Bertz CT molecular complexity index is 409. The second-order valence-corrected chi connectivity index (χ2v) is 4.83. The molecule has 2 rings (SSSR count). The molecule has 100 valence electrons. The first kappa shape index (κ1) is 13.3. The average Bonchev–Trinajstić information content (AvgIpc) is 2.38. The van der Waals surface area contributed by atoms with Crippen LogP contribution >= 0.6 is 0 Å². The van der Waals surface area contributed by atoms with Crippen molar-refractivity contribution in [3.8, 4) is 0 Å². The quantitative estimate of drug-likeness (QED) is 0.898. The third-order valence-electron chi connectivity index (χ3n) is 3.51. The number of halogens is 1. The van der Waals surface area contributed by atoms with Crippen LogP contribution in [0.15, 0.2) is 18.2 Å². The lowest BCUT2D eigenvalue weighted by Gasteiger charge is -2.37. The Kier molecular flexibility index (Phi) is 4.19. The summed E-state index contributed by atoms with van der Waals surface area (Å²) in [5.41, 5.74) is 7.26. The Labute approximate surface area is 108 Å². The zero-order chi connectivity index (χ0) is 13.1. The first-order chi connectivity index (χ1) is 8.63. The van der Waals surface area contributed by atoms with Crippen molar-refractivity contribution in [2.45, 2.75) is 32.4 Å². The number of nitrogens with two attached hydrogens (primary N) is 1. The third kappa shape index (κ3) is 2.65. The zero-order valence-corrected chi connectivity index (χ0v) is 11.0. The molecule has 1 aromatic rings. The molecule has 2 N–H and O–H groups in total. The zero-order valence-electron chi connectivity index (χ0n) is 11.0. The summed E-state index contributed by atoms with van der Waals surface area (Å²) in [7, 11) is 0. The number of hydrogen-bond acceptors (Lipinski definition) is 3. The van der Waals surface area contributed by atoms with Crippen molar-refractivity contribution in [3.63, 3.8) is 0 Å². The summed E-state index contributed by atoms with van der Waals surface area (Å²) >= 11 is 0. The Balaban J connectivity index is 2.26. The molecule has 1 saturated heterocycles. The summed E-state index contributed by atoms with van der Waals surface area (Å²) in [4.78, 5) is 2.10. The van der Waals surface area contributed by atoms with E-state index in [0.29, 0.717) is 18.9 Å². The van der Waals surface area contributed by atoms with Gasteiger partial charge >= 0.3 is 0 Å². The lowest BCUT2D eigenvalue weighted by atomic mass is 10.1. The van der Waals surface area contributed by atoms with E-state index in [1.807, 2.05) is 19.1 Å². The van der Waals surface area contributed by atoms with Gasteiger partial charge in [-0.1, -0.05) is 13.0 Å². The molecule has 1 unspecified atom stereocenters. The van der Waals surface area contributed by atoms with Crippen molar-refractivity contribution >= 4 is 5.69 Å². The third-order valence-corrected chi connectivity index (χ3v) is 3.51. The highest BCUT2D eigenvalue weighted by Gasteiger charge is 2.24. The van der Waals surface area contributed by atoms with E-state index in [-0.39, 0.29) is 17.9 Å². The predicted octanol–water partition coefficient (Wildman–Crippen LogP) is 2.46. The fourth-order valence-electron chi connectivity index (χ4n) is 2.35. The lowest BCUT2D eigenvalue weighted by Crippen LogP contribution is -2.45. The van der Waals surface area contributed by atoms with Crippen molar-refractivity contribution in [1.82, 2.24) is 0 Å². The van der Waals surface area contributed by atoms with Gasteiger partial charge in [0.25, 0.3) is 0 Å². The standard InChI is InChI=1S/C14H21FN2O/c1-3-12-9-18-7-6-17(12)14-5-4-11(10(2)16)8-13(14)15/h4-5,8,10,12H,3,6-7,9,16H2,1-2H3/t10-,12?/m1/s1. The topological polar surface area (TPSA) is 38.5 Å². The Morgan fingerprint density at radius 3 is 2.94 bits per heavy atom. The Morgan fingerprint density at radius 2 is 2.33 bits per heavy atom. The highest BCUT2D eigenvalue weighted by molar-refractivity contribution is 5.51.